The van der Waals surface area contributed by atoms with E-state index in [1.54, 1.807) is 0 Å². The van der Waals surface area contributed by atoms with Crippen LogP contribution in [0.1, 0.15) is 26.0 Å². The molecule has 0 saturated heterocycles. The average Bonchev–Trinajstić information content (AvgIpc) is 2.66. The molecule has 0 aliphatic rings. The lowest BCUT2D eigenvalue weighted by Crippen LogP contribution is -2.42. The Kier molecular flexibility index (Phi) is 4.36. The Balaban J connectivity index is 2.38. The van der Waals surface area contributed by atoms with Crippen LogP contribution in [0.2, 0.25) is 0 Å². The number of aromatic nitrogens is 1. The highest BCUT2D eigenvalue weighted by atomic mass is 16.3. The maximum atomic E-state index is 8.97. The third kappa shape index (κ3) is 3.68. The van der Waals surface area contributed by atoms with E-state index in [4.69, 9.17) is 5.11 Å². The summed E-state index contributed by atoms with van der Waals surface area (Å²) in [7, 11) is 2.11. The summed E-state index contributed by atoms with van der Waals surface area (Å²) in [6.07, 6.45) is 3.79. The van der Waals surface area contributed by atoms with Crippen molar-refractivity contribution in [1.82, 2.24) is 9.88 Å². The number of nitrogens with zero attached hydrogens (tertiary/aromatic N) is 1. The Labute approximate surface area is 92.1 Å². The first kappa shape index (κ1) is 12.3. The van der Waals surface area contributed by atoms with Gasteiger partial charge in [-0.05, 0) is 39.4 Å². The maximum Gasteiger partial charge on any atom is 0.0448 e. The first-order chi connectivity index (χ1) is 7.06. The molecule has 1 rings (SSSR count). The predicted molar refractivity (Wildman–Crippen MR) is 62.9 cm³/mol. The van der Waals surface area contributed by atoms with Gasteiger partial charge in [0.1, 0.15) is 0 Å². The van der Waals surface area contributed by atoms with Crippen molar-refractivity contribution in [1.29, 1.82) is 0 Å². The van der Waals surface area contributed by atoms with Gasteiger partial charge < -0.3 is 15.0 Å². The van der Waals surface area contributed by atoms with Gasteiger partial charge in [-0.25, -0.2) is 0 Å². The van der Waals surface area contributed by atoms with Crippen molar-refractivity contribution in [3.05, 3.63) is 24.0 Å². The molecule has 0 saturated carbocycles. The van der Waals surface area contributed by atoms with E-state index < -0.39 is 0 Å². The minimum atomic E-state index is 0.0708. The molecule has 0 fully saturated rings. The van der Waals surface area contributed by atoms with Gasteiger partial charge in [0.15, 0.2) is 0 Å². The second-order valence-corrected chi connectivity index (χ2v) is 4.65. The van der Waals surface area contributed by atoms with Gasteiger partial charge >= 0.3 is 0 Å². The summed E-state index contributed by atoms with van der Waals surface area (Å²) in [6.45, 7) is 5.59. The highest BCUT2D eigenvalue weighted by Crippen LogP contribution is 2.16. The number of nitrogens with one attached hydrogen (secondary N) is 1. The molecule has 0 radical (unpaired) electrons. The Bertz CT molecular complexity index is 267. The molecule has 3 nitrogen and oxygen atoms in total. The van der Waals surface area contributed by atoms with Crippen molar-refractivity contribution >= 4 is 0 Å². The van der Waals surface area contributed by atoms with E-state index in [0.717, 1.165) is 19.4 Å². The van der Waals surface area contributed by atoms with Gasteiger partial charge in [-0.3, -0.25) is 0 Å². The normalized spacial score (nSPS) is 12.3. The maximum absolute atomic E-state index is 8.97. The summed E-state index contributed by atoms with van der Waals surface area (Å²) >= 11 is 0. The summed E-state index contributed by atoms with van der Waals surface area (Å²) in [6, 6.07) is 4.13. The Morgan fingerprint density at radius 3 is 2.73 bits per heavy atom. The van der Waals surface area contributed by atoms with Crippen molar-refractivity contribution in [2.45, 2.75) is 32.2 Å². The molecule has 1 heterocycles. The van der Waals surface area contributed by atoms with Gasteiger partial charge in [-0.1, -0.05) is 0 Å². The lowest BCUT2D eigenvalue weighted by Gasteiger charge is -2.35. The number of likely N-dealkylation sites (N-methyl/N-ethyl adjacent to an activating group) is 1. The Hall–Kier alpha value is -0.800. The van der Waals surface area contributed by atoms with Gasteiger partial charge in [0.25, 0.3) is 0 Å². The van der Waals surface area contributed by atoms with Gasteiger partial charge in [-0.2, -0.15) is 0 Å². The molecule has 2 N–H and O–H groups in total. The minimum Gasteiger partial charge on any atom is -0.396 e. The second kappa shape index (κ2) is 5.33. The monoisotopic (exact) mass is 210 g/mol. The zero-order valence-corrected chi connectivity index (χ0v) is 9.95. The Morgan fingerprint density at radius 2 is 2.20 bits per heavy atom. The zero-order chi connectivity index (χ0) is 11.3. The van der Waals surface area contributed by atoms with E-state index in [1.807, 2.05) is 12.3 Å². The number of hydrogen-bond acceptors (Lipinski definition) is 2. The van der Waals surface area contributed by atoms with E-state index in [9.17, 15) is 0 Å². The quantitative estimate of drug-likeness (QED) is 0.749. The first-order valence-electron chi connectivity index (χ1n) is 5.50. The number of H-pyrrole nitrogens is 1. The molecule has 0 unspecified atom stereocenters. The lowest BCUT2D eigenvalue weighted by molar-refractivity contribution is 0.117. The third-order valence-corrected chi connectivity index (χ3v) is 3.14. The van der Waals surface area contributed by atoms with Crippen LogP contribution < -0.4 is 0 Å². The smallest absolute Gasteiger partial charge is 0.0448 e. The van der Waals surface area contributed by atoms with Crippen LogP contribution in [-0.2, 0) is 6.42 Å². The molecule has 0 aromatic carbocycles. The van der Waals surface area contributed by atoms with Gasteiger partial charge in [0.2, 0.25) is 0 Å². The molecule has 0 spiro atoms. The minimum absolute atomic E-state index is 0.0708. The number of hydrogen-bond donors (Lipinski definition) is 2. The van der Waals surface area contributed by atoms with E-state index >= 15 is 0 Å². The summed E-state index contributed by atoms with van der Waals surface area (Å²) in [5, 5.41) is 8.97. The summed E-state index contributed by atoms with van der Waals surface area (Å²) < 4.78 is 0. The first-order valence-corrected chi connectivity index (χ1v) is 5.50. The predicted octanol–water partition coefficient (Wildman–Crippen LogP) is 1.65. The van der Waals surface area contributed by atoms with Crippen molar-refractivity contribution in [3.63, 3.8) is 0 Å². The number of aliphatic hydroxyl groups is 1. The molecule has 0 aliphatic carbocycles. The molecule has 15 heavy (non-hydrogen) atoms. The fraction of sp³-hybridized carbons (Fsp3) is 0.667. The molecule has 1 aromatic rings. The number of aromatic amines is 1. The van der Waals surface area contributed by atoms with Crippen LogP contribution in [0, 0.1) is 0 Å². The van der Waals surface area contributed by atoms with Crippen molar-refractivity contribution in [3.8, 4) is 0 Å². The molecular formula is C12H22N2O. The van der Waals surface area contributed by atoms with Crippen LogP contribution in [-0.4, -0.2) is 40.7 Å². The van der Waals surface area contributed by atoms with Crippen LogP contribution in [0.4, 0.5) is 0 Å². The van der Waals surface area contributed by atoms with Crippen LogP contribution in [0.15, 0.2) is 18.3 Å². The van der Waals surface area contributed by atoms with E-state index in [2.05, 4.69) is 36.8 Å². The molecule has 0 aliphatic heterocycles. The number of rotatable bonds is 6. The highest BCUT2D eigenvalue weighted by Gasteiger charge is 2.22. The molecular weight excluding hydrogens is 188 g/mol. The molecule has 86 valence electrons. The average molecular weight is 210 g/mol. The number of aliphatic hydroxyl groups excluding tert-OH is 1. The van der Waals surface area contributed by atoms with Crippen LogP contribution in [0.25, 0.3) is 0 Å². The lowest BCUT2D eigenvalue weighted by atomic mass is 9.99. The molecule has 1 aromatic heterocycles. The zero-order valence-electron chi connectivity index (χ0n) is 9.95. The standard InChI is InChI=1S/C12H22N2O/c1-12(2,7-10-15)14(3)9-6-11-5-4-8-13-11/h4-5,8,13,15H,6-7,9-10H2,1-3H3. The van der Waals surface area contributed by atoms with Crippen molar-refractivity contribution in [2.75, 3.05) is 20.2 Å². The Morgan fingerprint density at radius 1 is 1.47 bits per heavy atom. The molecule has 0 amide bonds. The highest BCUT2D eigenvalue weighted by molar-refractivity contribution is 5.04. The van der Waals surface area contributed by atoms with Crippen LogP contribution in [0.5, 0.6) is 0 Å². The van der Waals surface area contributed by atoms with E-state index in [-0.39, 0.29) is 12.1 Å². The summed E-state index contributed by atoms with van der Waals surface area (Å²) in [5.41, 5.74) is 1.34. The summed E-state index contributed by atoms with van der Waals surface area (Å²) in [4.78, 5) is 5.50. The fourth-order valence-corrected chi connectivity index (χ4v) is 1.58. The van der Waals surface area contributed by atoms with Gasteiger partial charge in [0.05, 0.1) is 0 Å². The second-order valence-electron chi connectivity index (χ2n) is 4.65. The van der Waals surface area contributed by atoms with Crippen molar-refractivity contribution < 1.29 is 5.11 Å². The van der Waals surface area contributed by atoms with E-state index in [1.165, 1.54) is 5.69 Å². The van der Waals surface area contributed by atoms with Crippen molar-refractivity contribution in [2.24, 2.45) is 0 Å². The van der Waals surface area contributed by atoms with Crippen LogP contribution >= 0.6 is 0 Å². The SMILES string of the molecule is CN(CCc1ccc[nH]1)C(C)(C)CCO. The molecule has 0 bridgehead atoms. The topological polar surface area (TPSA) is 39.3 Å². The largest absolute Gasteiger partial charge is 0.396 e. The van der Waals surface area contributed by atoms with Gasteiger partial charge in [0, 0.05) is 37.0 Å². The third-order valence-electron chi connectivity index (χ3n) is 3.14. The molecule has 3 heteroatoms. The van der Waals surface area contributed by atoms with E-state index in [0.29, 0.717) is 0 Å². The fourth-order valence-electron chi connectivity index (χ4n) is 1.58. The molecule has 0 atom stereocenters. The summed E-state index contributed by atoms with van der Waals surface area (Å²) in [5.74, 6) is 0. The van der Waals surface area contributed by atoms with Crippen LogP contribution in [0.3, 0.4) is 0 Å². The van der Waals surface area contributed by atoms with Gasteiger partial charge in [-0.15, -0.1) is 0 Å².